The van der Waals surface area contributed by atoms with E-state index in [0.29, 0.717) is 18.8 Å². The molecule has 0 unspecified atom stereocenters. The van der Waals surface area contributed by atoms with Crippen LogP contribution in [0.2, 0.25) is 0 Å². The molecule has 3 N–H and O–H groups in total. The van der Waals surface area contributed by atoms with Crippen molar-refractivity contribution in [2.45, 2.75) is 13.3 Å². The van der Waals surface area contributed by atoms with Gasteiger partial charge in [-0.3, -0.25) is 4.79 Å². The summed E-state index contributed by atoms with van der Waals surface area (Å²) in [6.07, 6.45) is 1.72. The minimum absolute atomic E-state index is 0.124. The van der Waals surface area contributed by atoms with Crippen molar-refractivity contribution in [3.8, 4) is 0 Å². The molecule has 1 aromatic heterocycles. The lowest BCUT2D eigenvalue weighted by molar-refractivity contribution is -0.116. The number of nitrogens with one attached hydrogen (secondary N) is 1. The van der Waals surface area contributed by atoms with Crippen molar-refractivity contribution in [1.29, 1.82) is 0 Å². The number of nitrogens with two attached hydrogens (primary N) is 1. The van der Waals surface area contributed by atoms with Crippen LogP contribution in [0.4, 0.5) is 5.82 Å². The summed E-state index contributed by atoms with van der Waals surface area (Å²) in [6, 6.07) is 1.70. The van der Waals surface area contributed by atoms with Crippen LogP contribution in [-0.2, 0) is 4.79 Å². The monoisotopic (exact) mass is 180 g/mol. The number of carbonyl (C=O) groups excluding carboxylic acids is 1. The topological polar surface area (TPSA) is 80.9 Å². The van der Waals surface area contributed by atoms with E-state index in [1.807, 2.05) is 6.92 Å². The molecule has 0 aliphatic heterocycles. The van der Waals surface area contributed by atoms with Gasteiger partial charge in [0, 0.05) is 24.7 Å². The van der Waals surface area contributed by atoms with Crippen LogP contribution in [0.15, 0.2) is 12.4 Å². The van der Waals surface area contributed by atoms with Crippen molar-refractivity contribution < 1.29 is 4.79 Å². The number of carbonyl (C=O) groups is 1. The molecule has 70 valence electrons. The van der Waals surface area contributed by atoms with Crippen molar-refractivity contribution in [3.05, 3.63) is 18.1 Å². The number of nitrogens with zero attached hydrogens (tertiary/aromatic N) is 2. The molecule has 1 heterocycles. The van der Waals surface area contributed by atoms with E-state index in [4.69, 9.17) is 5.73 Å². The van der Waals surface area contributed by atoms with Gasteiger partial charge in [-0.1, -0.05) is 0 Å². The quantitative estimate of drug-likeness (QED) is 0.689. The van der Waals surface area contributed by atoms with Crippen molar-refractivity contribution in [3.63, 3.8) is 0 Å². The lowest BCUT2D eigenvalue weighted by Gasteiger charge is -2.02. The normalized spacial score (nSPS) is 9.69. The van der Waals surface area contributed by atoms with Gasteiger partial charge in [0.15, 0.2) is 0 Å². The van der Waals surface area contributed by atoms with Gasteiger partial charge in [-0.15, -0.1) is 0 Å². The molecule has 0 bridgehead atoms. The average Bonchev–Trinajstić information content (AvgIpc) is 2.04. The molecule has 0 atom stereocenters. The van der Waals surface area contributed by atoms with Gasteiger partial charge >= 0.3 is 0 Å². The van der Waals surface area contributed by atoms with E-state index in [-0.39, 0.29) is 5.91 Å². The highest BCUT2D eigenvalue weighted by Gasteiger charge is 2.01. The van der Waals surface area contributed by atoms with Crippen LogP contribution < -0.4 is 11.1 Å². The molecule has 0 radical (unpaired) electrons. The minimum Gasteiger partial charge on any atom is -0.330 e. The molecule has 0 saturated heterocycles. The zero-order valence-corrected chi connectivity index (χ0v) is 7.45. The summed E-state index contributed by atoms with van der Waals surface area (Å²) >= 11 is 0. The highest BCUT2D eigenvalue weighted by atomic mass is 16.1. The largest absolute Gasteiger partial charge is 0.330 e. The molecule has 5 heteroatoms. The van der Waals surface area contributed by atoms with E-state index in [2.05, 4.69) is 15.3 Å². The Kier molecular flexibility index (Phi) is 3.33. The second-order valence-electron chi connectivity index (χ2n) is 2.63. The summed E-state index contributed by atoms with van der Waals surface area (Å²) in [5.74, 6) is 0.395. The Hall–Kier alpha value is -1.49. The van der Waals surface area contributed by atoms with Gasteiger partial charge in [-0.05, 0) is 6.92 Å². The van der Waals surface area contributed by atoms with E-state index >= 15 is 0 Å². The van der Waals surface area contributed by atoms with E-state index in [9.17, 15) is 4.79 Å². The smallest absolute Gasteiger partial charge is 0.226 e. The Morgan fingerprint density at radius 3 is 3.00 bits per heavy atom. The van der Waals surface area contributed by atoms with Gasteiger partial charge in [0.05, 0.1) is 0 Å². The summed E-state index contributed by atoms with van der Waals surface area (Å²) < 4.78 is 0. The molecule has 0 saturated carbocycles. The average molecular weight is 180 g/mol. The predicted octanol–water partition coefficient (Wildman–Crippen LogP) is 0.0723. The maximum Gasteiger partial charge on any atom is 0.226 e. The lowest BCUT2D eigenvalue weighted by Crippen LogP contribution is -2.16. The molecule has 13 heavy (non-hydrogen) atoms. The van der Waals surface area contributed by atoms with Gasteiger partial charge in [-0.2, -0.15) is 0 Å². The fourth-order valence-corrected chi connectivity index (χ4v) is 0.859. The summed E-state index contributed by atoms with van der Waals surface area (Å²) in [6.45, 7) is 2.18. The van der Waals surface area contributed by atoms with Crippen molar-refractivity contribution in [1.82, 2.24) is 9.97 Å². The van der Waals surface area contributed by atoms with E-state index < -0.39 is 0 Å². The highest BCUT2D eigenvalue weighted by molar-refractivity contribution is 5.89. The Labute approximate surface area is 76.4 Å². The fourth-order valence-electron chi connectivity index (χ4n) is 0.859. The summed E-state index contributed by atoms with van der Waals surface area (Å²) in [4.78, 5) is 18.9. The predicted molar refractivity (Wildman–Crippen MR) is 49.1 cm³/mol. The molecule has 1 rings (SSSR count). The molecule has 0 spiro atoms. The number of amides is 1. The van der Waals surface area contributed by atoms with Crippen LogP contribution in [0, 0.1) is 6.92 Å². The Balaban J connectivity index is 2.58. The highest BCUT2D eigenvalue weighted by Crippen LogP contribution is 2.02. The molecular formula is C8H12N4O. The van der Waals surface area contributed by atoms with Crippen LogP contribution in [0.1, 0.15) is 12.1 Å². The van der Waals surface area contributed by atoms with Crippen molar-refractivity contribution in [2.24, 2.45) is 5.73 Å². The number of anilines is 1. The zero-order chi connectivity index (χ0) is 9.68. The zero-order valence-electron chi connectivity index (χ0n) is 7.45. The Morgan fingerprint density at radius 2 is 2.38 bits per heavy atom. The fraction of sp³-hybridized carbons (Fsp3) is 0.375. The van der Waals surface area contributed by atoms with E-state index in [1.54, 1.807) is 6.07 Å². The van der Waals surface area contributed by atoms with Crippen LogP contribution in [0.25, 0.3) is 0 Å². The van der Waals surface area contributed by atoms with Gasteiger partial charge in [0.2, 0.25) is 5.91 Å². The second kappa shape index (κ2) is 4.51. The molecule has 0 aromatic carbocycles. The van der Waals surface area contributed by atoms with Gasteiger partial charge in [0.25, 0.3) is 0 Å². The maximum atomic E-state index is 11.1. The van der Waals surface area contributed by atoms with Gasteiger partial charge in [0.1, 0.15) is 12.1 Å². The minimum atomic E-state index is -0.124. The molecular weight excluding hydrogens is 168 g/mol. The van der Waals surface area contributed by atoms with E-state index in [0.717, 1.165) is 5.69 Å². The first kappa shape index (κ1) is 9.60. The van der Waals surface area contributed by atoms with Crippen LogP contribution in [0.5, 0.6) is 0 Å². The van der Waals surface area contributed by atoms with Gasteiger partial charge < -0.3 is 11.1 Å². The molecule has 0 aliphatic rings. The number of aromatic nitrogens is 2. The van der Waals surface area contributed by atoms with E-state index in [1.165, 1.54) is 6.33 Å². The number of rotatable bonds is 3. The summed E-state index contributed by atoms with van der Waals surface area (Å²) in [5, 5.41) is 2.61. The number of hydrogen-bond acceptors (Lipinski definition) is 4. The number of hydrogen-bond donors (Lipinski definition) is 2. The second-order valence-corrected chi connectivity index (χ2v) is 2.63. The first-order chi connectivity index (χ1) is 6.22. The summed E-state index contributed by atoms with van der Waals surface area (Å²) in [5.41, 5.74) is 6.04. The van der Waals surface area contributed by atoms with Crippen LogP contribution >= 0.6 is 0 Å². The third kappa shape index (κ3) is 3.16. The Bertz CT molecular complexity index is 300. The first-order valence-electron chi connectivity index (χ1n) is 4.01. The summed E-state index contributed by atoms with van der Waals surface area (Å²) in [7, 11) is 0. The standard InChI is InChI=1S/C8H12N4O/c1-6-4-7(11-5-10-6)12-8(13)2-3-9/h4-5H,2-3,9H2,1H3,(H,10,11,12,13). The van der Waals surface area contributed by atoms with Gasteiger partial charge in [-0.25, -0.2) is 9.97 Å². The van der Waals surface area contributed by atoms with Crippen molar-refractivity contribution in [2.75, 3.05) is 11.9 Å². The third-order valence-electron chi connectivity index (χ3n) is 1.44. The number of aryl methyl sites for hydroxylation is 1. The SMILES string of the molecule is Cc1cc(NC(=O)CCN)ncn1. The van der Waals surface area contributed by atoms with Crippen LogP contribution in [-0.4, -0.2) is 22.4 Å². The Morgan fingerprint density at radius 1 is 1.62 bits per heavy atom. The molecule has 0 fully saturated rings. The van der Waals surface area contributed by atoms with Crippen molar-refractivity contribution >= 4 is 11.7 Å². The molecule has 1 amide bonds. The lowest BCUT2D eigenvalue weighted by atomic mass is 10.4. The third-order valence-corrected chi connectivity index (χ3v) is 1.44. The van der Waals surface area contributed by atoms with Crippen LogP contribution in [0.3, 0.4) is 0 Å². The first-order valence-corrected chi connectivity index (χ1v) is 4.01. The molecule has 1 aromatic rings. The maximum absolute atomic E-state index is 11.1. The molecule has 0 aliphatic carbocycles. The molecule has 5 nitrogen and oxygen atoms in total.